The van der Waals surface area contributed by atoms with Crippen LogP contribution >= 0.6 is 0 Å². The van der Waals surface area contributed by atoms with Gasteiger partial charge in [-0.1, -0.05) is 13.8 Å². The van der Waals surface area contributed by atoms with Crippen molar-refractivity contribution in [1.29, 1.82) is 0 Å². The molecular formula is C14H24N4. The van der Waals surface area contributed by atoms with Crippen LogP contribution in [0, 0.1) is 0 Å². The zero-order valence-electron chi connectivity index (χ0n) is 12.1. The fourth-order valence-corrected chi connectivity index (χ4v) is 2.51. The summed E-state index contributed by atoms with van der Waals surface area (Å²) >= 11 is 0. The molecule has 1 aliphatic rings. The second-order valence-electron chi connectivity index (χ2n) is 5.94. The zero-order chi connectivity index (χ0) is 13.3. The van der Waals surface area contributed by atoms with Crippen LogP contribution in [0.25, 0.3) is 0 Å². The van der Waals surface area contributed by atoms with Crippen molar-refractivity contribution < 1.29 is 0 Å². The first-order chi connectivity index (χ1) is 8.44. The third-order valence-corrected chi connectivity index (χ3v) is 3.68. The van der Waals surface area contributed by atoms with Crippen LogP contribution in [0.5, 0.6) is 0 Å². The van der Waals surface area contributed by atoms with Crippen molar-refractivity contribution in [3.05, 3.63) is 11.9 Å². The zero-order valence-corrected chi connectivity index (χ0v) is 12.1. The first-order valence-electron chi connectivity index (χ1n) is 6.78. The largest absolute Gasteiger partial charge is 0.373 e. The van der Waals surface area contributed by atoms with Crippen molar-refractivity contribution in [1.82, 2.24) is 9.97 Å². The molecule has 1 aliphatic heterocycles. The van der Waals surface area contributed by atoms with Gasteiger partial charge in [0.25, 0.3) is 0 Å². The number of hydrogen-bond donors (Lipinski definition) is 1. The molecule has 1 saturated heterocycles. The van der Waals surface area contributed by atoms with Crippen molar-refractivity contribution in [3.8, 4) is 0 Å². The van der Waals surface area contributed by atoms with E-state index in [1.165, 1.54) is 12.8 Å². The number of aromatic nitrogens is 2. The van der Waals surface area contributed by atoms with E-state index in [0.29, 0.717) is 5.92 Å². The fraction of sp³-hybridized carbons (Fsp3) is 0.714. The SMILES string of the molecule is CNc1cc(N2CCCC2(C)C)nc(C(C)C)n1. The molecule has 0 saturated carbocycles. The molecule has 1 aromatic heterocycles. The maximum absolute atomic E-state index is 4.73. The van der Waals surface area contributed by atoms with Gasteiger partial charge in [0.1, 0.15) is 17.5 Å². The number of nitrogens with one attached hydrogen (secondary N) is 1. The summed E-state index contributed by atoms with van der Waals surface area (Å²) in [6.45, 7) is 9.93. The summed E-state index contributed by atoms with van der Waals surface area (Å²) in [5.41, 5.74) is 0.202. The average Bonchev–Trinajstić information content (AvgIpc) is 2.68. The molecule has 1 N–H and O–H groups in total. The van der Waals surface area contributed by atoms with Gasteiger partial charge in [0, 0.05) is 31.1 Å². The van der Waals surface area contributed by atoms with E-state index in [-0.39, 0.29) is 5.54 Å². The Bertz CT molecular complexity index is 426. The minimum Gasteiger partial charge on any atom is -0.373 e. The maximum Gasteiger partial charge on any atom is 0.135 e. The molecule has 0 aliphatic carbocycles. The van der Waals surface area contributed by atoms with Crippen molar-refractivity contribution in [2.75, 3.05) is 23.8 Å². The average molecular weight is 248 g/mol. The van der Waals surface area contributed by atoms with Crippen LogP contribution in [0.4, 0.5) is 11.6 Å². The Morgan fingerprint density at radius 2 is 2.06 bits per heavy atom. The van der Waals surface area contributed by atoms with Gasteiger partial charge in [0.2, 0.25) is 0 Å². The Morgan fingerprint density at radius 3 is 2.56 bits per heavy atom. The standard InChI is InChI=1S/C14H24N4/c1-10(2)13-16-11(15-5)9-12(17-13)18-8-6-7-14(18,3)4/h9-10H,6-8H2,1-5H3,(H,15,16,17). The van der Waals surface area contributed by atoms with Gasteiger partial charge in [-0.2, -0.15) is 0 Å². The van der Waals surface area contributed by atoms with E-state index in [4.69, 9.17) is 4.98 Å². The highest BCUT2D eigenvalue weighted by atomic mass is 15.3. The number of nitrogens with zero attached hydrogens (tertiary/aromatic N) is 3. The van der Waals surface area contributed by atoms with Crippen LogP contribution in [0.1, 0.15) is 52.3 Å². The Hall–Kier alpha value is -1.32. The van der Waals surface area contributed by atoms with Crippen LogP contribution in [0.15, 0.2) is 6.07 Å². The highest BCUT2D eigenvalue weighted by Crippen LogP contribution is 2.33. The molecular weight excluding hydrogens is 224 g/mol. The van der Waals surface area contributed by atoms with Crippen LogP contribution in [0.3, 0.4) is 0 Å². The van der Waals surface area contributed by atoms with Crippen LogP contribution in [0.2, 0.25) is 0 Å². The van der Waals surface area contributed by atoms with E-state index in [1.54, 1.807) is 0 Å². The molecule has 0 amide bonds. The first kappa shape index (κ1) is 13.1. The second kappa shape index (κ2) is 4.75. The molecule has 4 nitrogen and oxygen atoms in total. The fourth-order valence-electron chi connectivity index (χ4n) is 2.51. The van der Waals surface area contributed by atoms with Gasteiger partial charge in [-0.15, -0.1) is 0 Å². The van der Waals surface area contributed by atoms with Crippen LogP contribution in [-0.2, 0) is 0 Å². The highest BCUT2D eigenvalue weighted by Gasteiger charge is 2.33. The Kier molecular flexibility index (Phi) is 3.46. The van der Waals surface area contributed by atoms with E-state index in [1.807, 2.05) is 7.05 Å². The lowest BCUT2D eigenvalue weighted by Gasteiger charge is -2.33. The quantitative estimate of drug-likeness (QED) is 0.892. The molecule has 0 aromatic carbocycles. The van der Waals surface area contributed by atoms with Crippen LogP contribution < -0.4 is 10.2 Å². The van der Waals surface area contributed by atoms with Gasteiger partial charge in [0.05, 0.1) is 0 Å². The van der Waals surface area contributed by atoms with Gasteiger partial charge in [-0.25, -0.2) is 9.97 Å². The summed E-state index contributed by atoms with van der Waals surface area (Å²) in [6.07, 6.45) is 2.46. The summed E-state index contributed by atoms with van der Waals surface area (Å²) in [6, 6.07) is 2.05. The molecule has 0 bridgehead atoms. The Morgan fingerprint density at radius 1 is 1.33 bits per heavy atom. The van der Waals surface area contributed by atoms with Crippen LogP contribution in [-0.4, -0.2) is 29.1 Å². The third kappa shape index (κ3) is 2.42. The van der Waals surface area contributed by atoms with Gasteiger partial charge < -0.3 is 10.2 Å². The van der Waals surface area contributed by atoms with Crippen molar-refractivity contribution in [2.45, 2.75) is 52.0 Å². The molecule has 1 aromatic rings. The molecule has 1 fully saturated rings. The predicted molar refractivity (Wildman–Crippen MR) is 76.3 cm³/mol. The Labute approximate surface area is 110 Å². The molecule has 18 heavy (non-hydrogen) atoms. The molecule has 0 atom stereocenters. The number of hydrogen-bond acceptors (Lipinski definition) is 4. The van der Waals surface area contributed by atoms with E-state index in [9.17, 15) is 0 Å². The summed E-state index contributed by atoms with van der Waals surface area (Å²) in [4.78, 5) is 11.7. The monoisotopic (exact) mass is 248 g/mol. The van der Waals surface area contributed by atoms with Crippen molar-refractivity contribution in [3.63, 3.8) is 0 Å². The predicted octanol–water partition coefficient (Wildman–Crippen LogP) is 3.02. The van der Waals surface area contributed by atoms with E-state index >= 15 is 0 Å². The highest BCUT2D eigenvalue weighted by molar-refractivity contribution is 5.51. The lowest BCUT2D eigenvalue weighted by Crippen LogP contribution is -2.38. The van der Waals surface area contributed by atoms with Gasteiger partial charge in [0.15, 0.2) is 0 Å². The summed E-state index contributed by atoms with van der Waals surface area (Å²) < 4.78 is 0. The molecule has 4 heteroatoms. The molecule has 0 spiro atoms. The number of anilines is 2. The van der Waals surface area contributed by atoms with Crippen molar-refractivity contribution >= 4 is 11.6 Å². The minimum absolute atomic E-state index is 0.202. The second-order valence-corrected chi connectivity index (χ2v) is 5.94. The van der Waals surface area contributed by atoms with E-state index in [2.05, 4.69) is 49.0 Å². The molecule has 0 radical (unpaired) electrons. The summed E-state index contributed by atoms with van der Waals surface area (Å²) in [5, 5.41) is 3.14. The molecule has 0 unspecified atom stereocenters. The van der Waals surface area contributed by atoms with Gasteiger partial charge in [-0.05, 0) is 26.7 Å². The Balaban J connectivity index is 2.40. The minimum atomic E-state index is 0.202. The van der Waals surface area contributed by atoms with Gasteiger partial charge in [-0.3, -0.25) is 0 Å². The number of rotatable bonds is 3. The lowest BCUT2D eigenvalue weighted by atomic mass is 10.0. The smallest absolute Gasteiger partial charge is 0.135 e. The third-order valence-electron chi connectivity index (χ3n) is 3.68. The van der Waals surface area contributed by atoms with E-state index < -0.39 is 0 Å². The molecule has 100 valence electrons. The topological polar surface area (TPSA) is 41.0 Å². The molecule has 2 heterocycles. The van der Waals surface area contributed by atoms with Gasteiger partial charge >= 0.3 is 0 Å². The first-order valence-corrected chi connectivity index (χ1v) is 6.78. The molecule has 2 rings (SSSR count). The lowest BCUT2D eigenvalue weighted by molar-refractivity contribution is 0.513. The normalized spacial score (nSPS) is 18.4. The van der Waals surface area contributed by atoms with Crippen molar-refractivity contribution in [2.24, 2.45) is 0 Å². The summed E-state index contributed by atoms with van der Waals surface area (Å²) in [5.74, 6) is 3.23. The maximum atomic E-state index is 4.73. The summed E-state index contributed by atoms with van der Waals surface area (Å²) in [7, 11) is 1.91. The van der Waals surface area contributed by atoms with E-state index in [0.717, 1.165) is 24.0 Å².